The molecule has 0 unspecified atom stereocenters. The summed E-state index contributed by atoms with van der Waals surface area (Å²) in [6, 6.07) is 8.04. The first-order valence-electron chi connectivity index (χ1n) is 6.07. The summed E-state index contributed by atoms with van der Waals surface area (Å²) < 4.78 is 5.79. The van der Waals surface area contributed by atoms with Crippen molar-refractivity contribution >= 4 is 11.3 Å². The van der Waals surface area contributed by atoms with E-state index >= 15 is 0 Å². The summed E-state index contributed by atoms with van der Waals surface area (Å²) in [5.41, 5.74) is 3.42. The molecule has 0 saturated heterocycles. The van der Waals surface area contributed by atoms with Gasteiger partial charge in [0.05, 0.1) is 4.88 Å². The Morgan fingerprint density at radius 2 is 2.05 bits per heavy atom. The maximum absolute atomic E-state index is 8.72. The van der Waals surface area contributed by atoms with E-state index in [0.717, 1.165) is 16.2 Å². The lowest BCUT2D eigenvalue weighted by Crippen LogP contribution is -1.95. The fourth-order valence-electron chi connectivity index (χ4n) is 1.65. The van der Waals surface area contributed by atoms with Crippen molar-refractivity contribution in [3.05, 3.63) is 51.2 Å². The van der Waals surface area contributed by atoms with Crippen LogP contribution in [0.1, 0.15) is 21.6 Å². The SMILES string of the molecule is Cc1ccc(OCc2sccc2C#CCO)cc1C. The second kappa shape index (κ2) is 6.42. The van der Waals surface area contributed by atoms with Crippen LogP contribution in [0.4, 0.5) is 0 Å². The zero-order chi connectivity index (χ0) is 13.7. The summed E-state index contributed by atoms with van der Waals surface area (Å²) in [4.78, 5) is 1.08. The first kappa shape index (κ1) is 13.7. The minimum atomic E-state index is -0.118. The first-order chi connectivity index (χ1) is 9.20. The van der Waals surface area contributed by atoms with Crippen LogP contribution in [0.25, 0.3) is 0 Å². The average molecular weight is 272 g/mol. The second-order valence-electron chi connectivity index (χ2n) is 4.25. The van der Waals surface area contributed by atoms with Gasteiger partial charge in [0.25, 0.3) is 0 Å². The van der Waals surface area contributed by atoms with Crippen molar-refractivity contribution in [3.8, 4) is 17.6 Å². The predicted octanol–water partition coefficient (Wildman–Crippen LogP) is 3.29. The second-order valence-corrected chi connectivity index (χ2v) is 5.25. The molecule has 0 aliphatic rings. The van der Waals surface area contributed by atoms with E-state index in [-0.39, 0.29) is 6.61 Å². The van der Waals surface area contributed by atoms with Crippen LogP contribution >= 0.6 is 11.3 Å². The van der Waals surface area contributed by atoms with Gasteiger partial charge in [-0.1, -0.05) is 17.9 Å². The zero-order valence-electron chi connectivity index (χ0n) is 11.1. The Morgan fingerprint density at radius 1 is 1.21 bits per heavy atom. The van der Waals surface area contributed by atoms with E-state index in [2.05, 4.69) is 31.8 Å². The maximum atomic E-state index is 8.72. The van der Waals surface area contributed by atoms with Crippen molar-refractivity contribution in [3.63, 3.8) is 0 Å². The number of rotatable bonds is 3. The highest BCUT2D eigenvalue weighted by atomic mass is 32.1. The van der Waals surface area contributed by atoms with E-state index in [1.54, 1.807) is 11.3 Å². The van der Waals surface area contributed by atoms with Gasteiger partial charge in [0.1, 0.15) is 19.0 Å². The van der Waals surface area contributed by atoms with Crippen LogP contribution < -0.4 is 4.74 Å². The molecule has 1 N–H and O–H groups in total. The number of aryl methyl sites for hydroxylation is 2. The van der Waals surface area contributed by atoms with E-state index < -0.39 is 0 Å². The molecular formula is C16H16O2S. The van der Waals surface area contributed by atoms with Crippen LogP contribution in [-0.4, -0.2) is 11.7 Å². The van der Waals surface area contributed by atoms with Crippen molar-refractivity contribution in [2.24, 2.45) is 0 Å². The van der Waals surface area contributed by atoms with Crippen molar-refractivity contribution in [1.82, 2.24) is 0 Å². The van der Waals surface area contributed by atoms with Crippen LogP contribution in [-0.2, 0) is 6.61 Å². The number of thiophene rings is 1. The van der Waals surface area contributed by atoms with E-state index in [4.69, 9.17) is 9.84 Å². The Labute approximate surface area is 117 Å². The van der Waals surface area contributed by atoms with Crippen molar-refractivity contribution < 1.29 is 9.84 Å². The number of hydrogen-bond donors (Lipinski definition) is 1. The molecule has 2 nitrogen and oxygen atoms in total. The lowest BCUT2D eigenvalue weighted by molar-refractivity contribution is 0.309. The molecule has 2 aromatic rings. The van der Waals surface area contributed by atoms with Gasteiger partial charge in [-0.3, -0.25) is 0 Å². The largest absolute Gasteiger partial charge is 0.488 e. The average Bonchev–Trinajstić information content (AvgIpc) is 2.85. The monoisotopic (exact) mass is 272 g/mol. The van der Waals surface area contributed by atoms with Crippen molar-refractivity contribution in [2.75, 3.05) is 6.61 Å². The van der Waals surface area contributed by atoms with Gasteiger partial charge in [-0.05, 0) is 48.6 Å². The molecule has 1 aromatic carbocycles. The van der Waals surface area contributed by atoms with Crippen molar-refractivity contribution in [2.45, 2.75) is 20.5 Å². The van der Waals surface area contributed by atoms with Crippen LogP contribution in [0, 0.1) is 25.7 Å². The molecular weight excluding hydrogens is 256 g/mol. The van der Waals surface area contributed by atoms with Crippen LogP contribution in [0.5, 0.6) is 5.75 Å². The molecule has 0 saturated carbocycles. The molecule has 0 radical (unpaired) electrons. The summed E-state index contributed by atoms with van der Waals surface area (Å²) >= 11 is 1.62. The number of aliphatic hydroxyl groups is 1. The minimum absolute atomic E-state index is 0.118. The molecule has 1 heterocycles. The Balaban J connectivity index is 2.06. The van der Waals surface area contributed by atoms with Crippen molar-refractivity contribution in [1.29, 1.82) is 0 Å². The highest BCUT2D eigenvalue weighted by molar-refractivity contribution is 7.10. The van der Waals surface area contributed by atoms with Gasteiger partial charge in [0.15, 0.2) is 0 Å². The molecule has 0 spiro atoms. The smallest absolute Gasteiger partial charge is 0.124 e. The molecule has 0 atom stereocenters. The van der Waals surface area contributed by atoms with Gasteiger partial charge in [-0.2, -0.15) is 0 Å². The Bertz CT molecular complexity index is 617. The molecule has 0 aliphatic heterocycles. The first-order valence-corrected chi connectivity index (χ1v) is 6.95. The summed E-state index contributed by atoms with van der Waals surface area (Å²) in [6.45, 7) is 4.55. The van der Waals surface area contributed by atoms with Crippen LogP contribution in [0.2, 0.25) is 0 Å². The molecule has 0 aliphatic carbocycles. The zero-order valence-corrected chi connectivity index (χ0v) is 11.9. The van der Waals surface area contributed by atoms with Gasteiger partial charge in [0.2, 0.25) is 0 Å². The summed E-state index contributed by atoms with van der Waals surface area (Å²) in [7, 11) is 0. The molecule has 0 amide bonds. The van der Waals surface area contributed by atoms with Crippen LogP contribution in [0.3, 0.4) is 0 Å². The minimum Gasteiger partial charge on any atom is -0.488 e. The predicted molar refractivity (Wildman–Crippen MR) is 78.5 cm³/mol. The third-order valence-corrected chi connectivity index (χ3v) is 3.79. The number of hydrogen-bond acceptors (Lipinski definition) is 3. The summed E-state index contributed by atoms with van der Waals surface area (Å²) in [5, 5.41) is 10.7. The molecule has 1 aromatic heterocycles. The van der Waals surface area contributed by atoms with Gasteiger partial charge >= 0.3 is 0 Å². The molecule has 3 heteroatoms. The highest BCUT2D eigenvalue weighted by Crippen LogP contribution is 2.21. The lowest BCUT2D eigenvalue weighted by Gasteiger charge is -2.07. The standard InChI is InChI=1S/C16H16O2S/c1-12-5-6-15(10-13(12)2)18-11-16-14(4-3-8-17)7-9-19-16/h5-7,9-10,17H,8,11H2,1-2H3. The Kier molecular flexibility index (Phi) is 4.62. The molecule has 2 rings (SSSR count). The quantitative estimate of drug-likeness (QED) is 0.869. The number of benzene rings is 1. The fourth-order valence-corrected chi connectivity index (χ4v) is 2.39. The normalized spacial score (nSPS) is 9.84. The topological polar surface area (TPSA) is 29.5 Å². The van der Waals surface area contributed by atoms with Gasteiger partial charge < -0.3 is 9.84 Å². The van der Waals surface area contributed by atoms with Gasteiger partial charge in [0, 0.05) is 5.56 Å². The Morgan fingerprint density at radius 3 is 2.79 bits per heavy atom. The summed E-state index contributed by atoms with van der Waals surface area (Å²) in [5.74, 6) is 6.47. The van der Waals surface area contributed by atoms with E-state index in [1.807, 2.05) is 23.6 Å². The van der Waals surface area contributed by atoms with Crippen LogP contribution in [0.15, 0.2) is 29.6 Å². The fraction of sp³-hybridized carbons (Fsp3) is 0.250. The Hall–Kier alpha value is -1.76. The molecule has 19 heavy (non-hydrogen) atoms. The number of ether oxygens (including phenoxy) is 1. The molecule has 98 valence electrons. The van der Waals surface area contributed by atoms with Gasteiger partial charge in [-0.15, -0.1) is 11.3 Å². The molecule has 0 bridgehead atoms. The lowest BCUT2D eigenvalue weighted by atomic mass is 10.1. The van der Waals surface area contributed by atoms with E-state index in [1.165, 1.54) is 11.1 Å². The third-order valence-electron chi connectivity index (χ3n) is 2.90. The van der Waals surface area contributed by atoms with E-state index in [0.29, 0.717) is 6.61 Å². The maximum Gasteiger partial charge on any atom is 0.124 e. The van der Waals surface area contributed by atoms with Gasteiger partial charge in [-0.25, -0.2) is 0 Å². The third kappa shape index (κ3) is 3.60. The highest BCUT2D eigenvalue weighted by Gasteiger charge is 2.04. The molecule has 0 fully saturated rings. The summed E-state index contributed by atoms with van der Waals surface area (Å²) in [6.07, 6.45) is 0. The van der Waals surface area contributed by atoms with E-state index in [9.17, 15) is 0 Å². The number of aliphatic hydroxyl groups excluding tert-OH is 1.